The third-order valence-corrected chi connectivity index (χ3v) is 5.27. The number of amides is 1. The second-order valence-electron chi connectivity index (χ2n) is 5.44. The Labute approximate surface area is 130 Å². The smallest absolute Gasteiger partial charge is 0.236 e. The van der Waals surface area contributed by atoms with Crippen LogP contribution in [0.5, 0.6) is 0 Å². The van der Waals surface area contributed by atoms with Crippen LogP contribution in [0.15, 0.2) is 54.6 Å². The van der Waals surface area contributed by atoms with Gasteiger partial charge in [-0.15, -0.1) is 11.8 Å². The molecule has 1 aliphatic rings. The van der Waals surface area contributed by atoms with Gasteiger partial charge in [0, 0.05) is 6.54 Å². The topological polar surface area (TPSA) is 20.3 Å². The summed E-state index contributed by atoms with van der Waals surface area (Å²) in [6.45, 7) is 4.79. The average molecular weight is 297 g/mol. The molecule has 1 fully saturated rings. The Morgan fingerprint density at radius 2 is 1.71 bits per heavy atom. The summed E-state index contributed by atoms with van der Waals surface area (Å²) in [5, 5.41) is 0.146. The van der Waals surface area contributed by atoms with Gasteiger partial charge in [0.25, 0.3) is 0 Å². The summed E-state index contributed by atoms with van der Waals surface area (Å²) in [5.74, 6) is 0.233. The number of rotatable bonds is 3. The Balaban J connectivity index is 1.92. The maximum atomic E-state index is 12.5. The molecular formula is C18H19NOS. The molecule has 1 heterocycles. The Morgan fingerprint density at radius 1 is 1.05 bits per heavy atom. The number of carbonyl (C=O) groups excluding carboxylic acids is 1. The highest BCUT2D eigenvalue weighted by molar-refractivity contribution is 8.01. The van der Waals surface area contributed by atoms with E-state index in [9.17, 15) is 4.79 Å². The van der Waals surface area contributed by atoms with E-state index in [2.05, 4.69) is 37.3 Å². The minimum atomic E-state index is 0.0262. The number of aryl methyl sites for hydroxylation is 1. The zero-order chi connectivity index (χ0) is 14.8. The van der Waals surface area contributed by atoms with Crippen molar-refractivity contribution in [1.29, 1.82) is 0 Å². The lowest BCUT2D eigenvalue weighted by molar-refractivity contribution is -0.130. The van der Waals surface area contributed by atoms with E-state index in [0.717, 1.165) is 0 Å². The van der Waals surface area contributed by atoms with E-state index in [1.54, 1.807) is 11.8 Å². The molecule has 2 unspecified atom stereocenters. The van der Waals surface area contributed by atoms with Crippen LogP contribution in [-0.2, 0) is 11.3 Å². The van der Waals surface area contributed by atoms with Gasteiger partial charge in [-0.1, -0.05) is 54.6 Å². The number of hydrogen-bond acceptors (Lipinski definition) is 2. The van der Waals surface area contributed by atoms with Crippen molar-refractivity contribution >= 4 is 17.7 Å². The Hall–Kier alpha value is -1.74. The van der Waals surface area contributed by atoms with E-state index in [0.29, 0.717) is 6.54 Å². The van der Waals surface area contributed by atoms with Crippen molar-refractivity contribution in [3.63, 3.8) is 0 Å². The fourth-order valence-electron chi connectivity index (χ4n) is 2.72. The molecule has 2 aromatic carbocycles. The van der Waals surface area contributed by atoms with Crippen LogP contribution >= 0.6 is 11.8 Å². The summed E-state index contributed by atoms with van der Waals surface area (Å²) >= 11 is 1.74. The van der Waals surface area contributed by atoms with E-state index in [4.69, 9.17) is 0 Å². The summed E-state index contributed by atoms with van der Waals surface area (Å²) in [4.78, 5) is 14.5. The highest BCUT2D eigenvalue weighted by Crippen LogP contribution is 2.44. The van der Waals surface area contributed by atoms with Crippen LogP contribution in [0.1, 0.15) is 29.0 Å². The molecule has 2 nitrogen and oxygen atoms in total. The van der Waals surface area contributed by atoms with Gasteiger partial charge in [-0.05, 0) is 30.5 Å². The highest BCUT2D eigenvalue weighted by Gasteiger charge is 2.38. The van der Waals surface area contributed by atoms with Crippen molar-refractivity contribution in [3.8, 4) is 0 Å². The zero-order valence-electron chi connectivity index (χ0n) is 12.3. The van der Waals surface area contributed by atoms with E-state index >= 15 is 0 Å². The number of benzene rings is 2. The van der Waals surface area contributed by atoms with E-state index in [1.807, 2.05) is 36.1 Å². The number of nitrogens with zero attached hydrogens (tertiary/aromatic N) is 1. The molecule has 1 amide bonds. The second-order valence-corrected chi connectivity index (χ2v) is 6.86. The predicted molar refractivity (Wildman–Crippen MR) is 88.0 cm³/mol. The summed E-state index contributed by atoms with van der Waals surface area (Å²) < 4.78 is 0. The molecule has 1 saturated heterocycles. The molecule has 3 rings (SSSR count). The Kier molecular flexibility index (Phi) is 4.02. The van der Waals surface area contributed by atoms with Crippen molar-refractivity contribution < 1.29 is 4.79 Å². The lowest BCUT2D eigenvalue weighted by atomic mass is 10.1. The van der Waals surface area contributed by atoms with Gasteiger partial charge in [0.1, 0.15) is 5.37 Å². The van der Waals surface area contributed by atoms with Crippen molar-refractivity contribution in [2.75, 3.05) is 0 Å². The predicted octanol–water partition coefficient (Wildman–Crippen LogP) is 4.16. The molecule has 0 saturated carbocycles. The van der Waals surface area contributed by atoms with Crippen LogP contribution in [0.25, 0.3) is 0 Å². The van der Waals surface area contributed by atoms with E-state index < -0.39 is 0 Å². The number of thioether (sulfide) groups is 1. The highest BCUT2D eigenvalue weighted by atomic mass is 32.2. The molecule has 21 heavy (non-hydrogen) atoms. The van der Waals surface area contributed by atoms with Gasteiger partial charge in [-0.3, -0.25) is 4.79 Å². The molecule has 0 aromatic heterocycles. The molecular weight excluding hydrogens is 278 g/mol. The maximum absolute atomic E-state index is 12.5. The molecule has 0 spiro atoms. The zero-order valence-corrected chi connectivity index (χ0v) is 13.1. The first-order chi connectivity index (χ1) is 10.2. The van der Waals surface area contributed by atoms with Crippen LogP contribution in [0.2, 0.25) is 0 Å². The first-order valence-electron chi connectivity index (χ1n) is 7.22. The lowest BCUT2D eigenvalue weighted by Gasteiger charge is -2.25. The molecule has 0 aliphatic carbocycles. The molecule has 2 aromatic rings. The summed E-state index contributed by atoms with van der Waals surface area (Å²) in [6.07, 6.45) is 0. The third-order valence-electron chi connectivity index (χ3n) is 3.90. The molecule has 0 bridgehead atoms. The monoisotopic (exact) mass is 297 g/mol. The number of carbonyl (C=O) groups is 1. The third kappa shape index (κ3) is 2.84. The largest absolute Gasteiger partial charge is 0.321 e. The molecule has 0 N–H and O–H groups in total. The van der Waals surface area contributed by atoms with Crippen LogP contribution in [0, 0.1) is 6.92 Å². The molecule has 3 heteroatoms. The van der Waals surface area contributed by atoms with Crippen LogP contribution < -0.4 is 0 Å². The Morgan fingerprint density at radius 3 is 2.43 bits per heavy atom. The first-order valence-corrected chi connectivity index (χ1v) is 8.16. The van der Waals surface area contributed by atoms with Gasteiger partial charge < -0.3 is 4.90 Å². The Bertz CT molecular complexity index is 641. The molecule has 2 atom stereocenters. The summed E-state index contributed by atoms with van der Waals surface area (Å²) in [5.41, 5.74) is 3.67. The molecule has 108 valence electrons. The SMILES string of the molecule is Cc1ccccc1C1SC(C)C(=O)N1Cc1ccccc1. The van der Waals surface area contributed by atoms with Gasteiger partial charge in [-0.25, -0.2) is 0 Å². The van der Waals surface area contributed by atoms with Gasteiger partial charge >= 0.3 is 0 Å². The quantitative estimate of drug-likeness (QED) is 0.848. The van der Waals surface area contributed by atoms with Gasteiger partial charge in [0.05, 0.1) is 5.25 Å². The van der Waals surface area contributed by atoms with Crippen molar-refractivity contribution in [1.82, 2.24) is 4.90 Å². The molecule has 0 radical (unpaired) electrons. The fraction of sp³-hybridized carbons (Fsp3) is 0.278. The van der Waals surface area contributed by atoms with Gasteiger partial charge in [-0.2, -0.15) is 0 Å². The number of hydrogen-bond donors (Lipinski definition) is 0. The van der Waals surface area contributed by atoms with E-state index in [1.165, 1.54) is 16.7 Å². The van der Waals surface area contributed by atoms with E-state index in [-0.39, 0.29) is 16.5 Å². The van der Waals surface area contributed by atoms with Crippen molar-refractivity contribution in [2.45, 2.75) is 31.0 Å². The first kappa shape index (κ1) is 14.2. The fourth-order valence-corrected chi connectivity index (χ4v) is 4.10. The average Bonchev–Trinajstić information content (AvgIpc) is 2.77. The second kappa shape index (κ2) is 5.94. The van der Waals surface area contributed by atoms with Gasteiger partial charge in [0.15, 0.2) is 0 Å². The minimum Gasteiger partial charge on any atom is -0.321 e. The van der Waals surface area contributed by atoms with Crippen LogP contribution in [0.4, 0.5) is 0 Å². The summed E-state index contributed by atoms with van der Waals surface area (Å²) in [7, 11) is 0. The normalized spacial score (nSPS) is 21.8. The minimum absolute atomic E-state index is 0.0262. The van der Waals surface area contributed by atoms with Crippen molar-refractivity contribution in [2.24, 2.45) is 0 Å². The van der Waals surface area contributed by atoms with Crippen molar-refractivity contribution in [3.05, 3.63) is 71.3 Å². The van der Waals surface area contributed by atoms with Gasteiger partial charge in [0.2, 0.25) is 5.91 Å². The lowest BCUT2D eigenvalue weighted by Crippen LogP contribution is -2.30. The summed E-state index contributed by atoms with van der Waals surface area (Å²) in [6, 6.07) is 18.6. The maximum Gasteiger partial charge on any atom is 0.236 e. The van der Waals surface area contributed by atoms with Crippen LogP contribution in [-0.4, -0.2) is 16.1 Å². The van der Waals surface area contributed by atoms with Crippen LogP contribution in [0.3, 0.4) is 0 Å². The molecule has 1 aliphatic heterocycles. The standard InChI is InChI=1S/C18H19NOS/c1-13-8-6-7-11-16(13)18-19(17(20)14(2)21-18)12-15-9-4-3-5-10-15/h3-11,14,18H,12H2,1-2H3.